The van der Waals surface area contributed by atoms with Crippen molar-refractivity contribution in [2.75, 3.05) is 19.6 Å². The Morgan fingerprint density at radius 1 is 1.22 bits per heavy atom. The first-order valence-corrected chi connectivity index (χ1v) is 11.2. The lowest BCUT2D eigenvalue weighted by atomic mass is 10.0. The lowest BCUT2D eigenvalue weighted by Gasteiger charge is -2.51. The highest BCUT2D eigenvalue weighted by Gasteiger charge is 2.46. The van der Waals surface area contributed by atoms with Gasteiger partial charge < -0.3 is 19.4 Å². The van der Waals surface area contributed by atoms with Crippen LogP contribution in [0.3, 0.4) is 0 Å². The summed E-state index contributed by atoms with van der Waals surface area (Å²) in [6.07, 6.45) is 0.259. The minimum Gasteiger partial charge on any atom is -0.435 e. The molecular formula is C22H23F2N3O4S. The highest BCUT2D eigenvalue weighted by molar-refractivity contribution is 7.09. The molecule has 3 heterocycles. The summed E-state index contributed by atoms with van der Waals surface area (Å²) in [6.45, 7) is -0.287. The second-order valence-corrected chi connectivity index (χ2v) is 8.75. The summed E-state index contributed by atoms with van der Waals surface area (Å²) in [5.41, 5.74) is 0.301. The largest absolute Gasteiger partial charge is 0.435 e. The van der Waals surface area contributed by atoms with Crippen molar-refractivity contribution >= 4 is 29.1 Å². The van der Waals surface area contributed by atoms with Gasteiger partial charge >= 0.3 is 6.61 Å². The number of carbonyl (C=O) groups is 3. The Morgan fingerprint density at radius 3 is 2.62 bits per heavy atom. The molecule has 2 saturated heterocycles. The Labute approximate surface area is 188 Å². The Kier molecular flexibility index (Phi) is 6.40. The molecule has 0 radical (unpaired) electrons. The van der Waals surface area contributed by atoms with Gasteiger partial charge in [-0.05, 0) is 49.1 Å². The van der Waals surface area contributed by atoms with Crippen molar-refractivity contribution in [3.8, 4) is 5.75 Å². The van der Waals surface area contributed by atoms with Crippen LogP contribution in [0.15, 0.2) is 41.8 Å². The number of hydrogen-bond acceptors (Lipinski definition) is 5. The molecule has 0 saturated carbocycles. The molecule has 0 N–H and O–H groups in total. The molecule has 4 rings (SSSR count). The summed E-state index contributed by atoms with van der Waals surface area (Å²) in [7, 11) is 0. The molecule has 170 valence electrons. The van der Waals surface area contributed by atoms with Gasteiger partial charge in [-0.3, -0.25) is 14.4 Å². The van der Waals surface area contributed by atoms with Crippen molar-refractivity contribution in [3.63, 3.8) is 0 Å². The molecule has 0 spiro atoms. The summed E-state index contributed by atoms with van der Waals surface area (Å²) < 4.78 is 29.1. The van der Waals surface area contributed by atoms with E-state index in [4.69, 9.17) is 0 Å². The van der Waals surface area contributed by atoms with Crippen LogP contribution < -0.4 is 4.74 Å². The van der Waals surface area contributed by atoms with Crippen LogP contribution in [-0.2, 0) is 16.0 Å². The third kappa shape index (κ3) is 4.45. The Hall–Kier alpha value is -3.01. The van der Waals surface area contributed by atoms with Crippen molar-refractivity contribution in [1.82, 2.24) is 14.7 Å². The maximum atomic E-state index is 13.2. The normalized spacial score (nSPS) is 21.2. The molecule has 2 aliphatic rings. The number of alkyl halides is 2. The average molecular weight is 464 g/mol. The van der Waals surface area contributed by atoms with Gasteiger partial charge in [0, 0.05) is 30.0 Å². The number of piperazine rings is 1. The van der Waals surface area contributed by atoms with Gasteiger partial charge in [-0.25, -0.2) is 0 Å². The van der Waals surface area contributed by atoms with Crippen molar-refractivity contribution in [2.45, 2.75) is 38.6 Å². The Bertz CT molecular complexity index is 984. The third-order valence-corrected chi connectivity index (χ3v) is 6.74. The van der Waals surface area contributed by atoms with Crippen LogP contribution in [0.25, 0.3) is 0 Å². The number of amides is 3. The molecule has 7 nitrogen and oxygen atoms in total. The molecule has 0 aliphatic carbocycles. The maximum Gasteiger partial charge on any atom is 0.387 e. The molecule has 32 heavy (non-hydrogen) atoms. The first-order chi connectivity index (χ1) is 15.3. The number of hydrogen-bond donors (Lipinski definition) is 0. The summed E-state index contributed by atoms with van der Waals surface area (Å²) in [5.74, 6) is -0.646. The van der Waals surface area contributed by atoms with E-state index in [1.807, 2.05) is 17.5 Å². The number of rotatable bonds is 6. The second kappa shape index (κ2) is 9.23. The quantitative estimate of drug-likeness (QED) is 0.661. The molecule has 10 heteroatoms. The van der Waals surface area contributed by atoms with Gasteiger partial charge in [0.1, 0.15) is 18.0 Å². The molecule has 2 aromatic rings. The summed E-state index contributed by atoms with van der Waals surface area (Å²) >= 11 is 1.62. The molecule has 1 aromatic heterocycles. The number of benzene rings is 1. The fraction of sp³-hybridized carbons (Fsp3) is 0.409. The molecule has 2 aliphatic heterocycles. The first-order valence-electron chi connectivity index (χ1n) is 10.3. The molecule has 1 aromatic carbocycles. The zero-order valence-electron chi connectivity index (χ0n) is 17.4. The summed E-state index contributed by atoms with van der Waals surface area (Å²) in [4.78, 5) is 44.7. The van der Waals surface area contributed by atoms with Crippen LogP contribution in [0.4, 0.5) is 8.78 Å². The molecule has 2 fully saturated rings. The predicted octanol–water partition coefficient (Wildman–Crippen LogP) is 2.82. The monoisotopic (exact) mass is 463 g/mol. The zero-order chi connectivity index (χ0) is 22.8. The topological polar surface area (TPSA) is 70.2 Å². The van der Waals surface area contributed by atoms with Crippen molar-refractivity contribution < 1.29 is 27.9 Å². The first kappa shape index (κ1) is 22.2. The zero-order valence-corrected chi connectivity index (χ0v) is 18.3. The SMILES string of the molecule is CC1C(=O)N(CCc2cccs2)CC2N(C(=O)c3ccc(OC(F)F)cc3)CCC(=O)N12. The molecule has 3 amide bonds. The van der Waals surface area contributed by atoms with Crippen molar-refractivity contribution in [3.05, 3.63) is 52.2 Å². The summed E-state index contributed by atoms with van der Waals surface area (Å²) in [5, 5.41) is 1.98. The van der Waals surface area contributed by atoms with Gasteiger partial charge in [-0.15, -0.1) is 11.3 Å². The highest BCUT2D eigenvalue weighted by Crippen LogP contribution is 2.27. The van der Waals surface area contributed by atoms with Crippen LogP contribution in [0, 0.1) is 0 Å². The van der Waals surface area contributed by atoms with E-state index in [-0.39, 0.29) is 43.0 Å². The number of halogens is 2. The Morgan fingerprint density at radius 2 is 1.97 bits per heavy atom. The van der Waals surface area contributed by atoms with Gasteiger partial charge in [0.2, 0.25) is 11.8 Å². The molecule has 2 atom stereocenters. The highest BCUT2D eigenvalue weighted by atomic mass is 32.1. The van der Waals surface area contributed by atoms with E-state index in [2.05, 4.69) is 4.74 Å². The van der Waals surface area contributed by atoms with Gasteiger partial charge in [-0.2, -0.15) is 8.78 Å². The second-order valence-electron chi connectivity index (χ2n) is 7.72. The minimum absolute atomic E-state index is 0.0383. The van der Waals surface area contributed by atoms with Crippen LogP contribution in [0.1, 0.15) is 28.6 Å². The standard InChI is InChI=1S/C22H23F2N3O4S/c1-14-20(29)25(10-8-17-3-2-12-32-17)13-18-26(11-9-19(28)27(14)18)21(30)15-4-6-16(7-5-15)31-22(23)24/h2-7,12,14,18,22H,8-11,13H2,1H3. The van der Waals surface area contributed by atoms with Gasteiger partial charge in [0.15, 0.2) is 0 Å². The van der Waals surface area contributed by atoms with Crippen molar-refractivity contribution in [2.24, 2.45) is 0 Å². The third-order valence-electron chi connectivity index (χ3n) is 5.80. The number of carbonyl (C=O) groups excluding carboxylic acids is 3. The number of thiophene rings is 1. The van der Waals surface area contributed by atoms with E-state index in [9.17, 15) is 23.2 Å². The van der Waals surface area contributed by atoms with E-state index < -0.39 is 18.8 Å². The lowest BCUT2D eigenvalue weighted by Crippen LogP contribution is -2.70. The van der Waals surface area contributed by atoms with Crippen LogP contribution in [0.2, 0.25) is 0 Å². The van der Waals surface area contributed by atoms with Gasteiger partial charge in [0.25, 0.3) is 5.91 Å². The van der Waals surface area contributed by atoms with Crippen LogP contribution >= 0.6 is 11.3 Å². The molecule has 2 unspecified atom stereocenters. The average Bonchev–Trinajstić information content (AvgIpc) is 3.28. The van der Waals surface area contributed by atoms with Crippen LogP contribution in [0.5, 0.6) is 5.75 Å². The smallest absolute Gasteiger partial charge is 0.387 e. The number of nitrogens with zero attached hydrogens (tertiary/aromatic N) is 3. The van der Waals surface area contributed by atoms with E-state index in [0.29, 0.717) is 18.5 Å². The molecule has 0 bridgehead atoms. The summed E-state index contributed by atoms with van der Waals surface area (Å²) in [6, 6.07) is 8.77. The lowest BCUT2D eigenvalue weighted by molar-refractivity contribution is -0.165. The maximum absolute atomic E-state index is 13.2. The Balaban J connectivity index is 1.53. The van der Waals surface area contributed by atoms with Gasteiger partial charge in [-0.1, -0.05) is 6.07 Å². The van der Waals surface area contributed by atoms with Crippen LogP contribution in [-0.4, -0.2) is 70.9 Å². The minimum atomic E-state index is -2.94. The van der Waals surface area contributed by atoms with E-state index >= 15 is 0 Å². The fourth-order valence-corrected chi connectivity index (χ4v) is 4.92. The number of ether oxygens (including phenoxy) is 1. The molecular weight excluding hydrogens is 440 g/mol. The van der Waals surface area contributed by atoms with E-state index in [1.165, 1.54) is 29.2 Å². The van der Waals surface area contributed by atoms with E-state index in [0.717, 1.165) is 4.88 Å². The van der Waals surface area contributed by atoms with Crippen molar-refractivity contribution in [1.29, 1.82) is 0 Å². The predicted molar refractivity (Wildman–Crippen MR) is 113 cm³/mol. The fourth-order valence-electron chi connectivity index (χ4n) is 4.22. The van der Waals surface area contributed by atoms with E-state index in [1.54, 1.807) is 28.1 Å². The van der Waals surface area contributed by atoms with Gasteiger partial charge in [0.05, 0.1) is 6.54 Å². The number of fused-ring (bicyclic) bond motifs is 1.